The van der Waals surface area contributed by atoms with Gasteiger partial charge in [-0.25, -0.2) is 8.42 Å². The number of alkyl halides is 3. The van der Waals surface area contributed by atoms with Crippen LogP contribution in [0.2, 0.25) is 5.02 Å². The van der Waals surface area contributed by atoms with E-state index in [2.05, 4.69) is 5.32 Å². The van der Waals surface area contributed by atoms with Crippen LogP contribution in [0.3, 0.4) is 0 Å². The molecule has 3 aromatic rings. The van der Waals surface area contributed by atoms with Gasteiger partial charge in [0.05, 0.1) is 28.3 Å². The van der Waals surface area contributed by atoms with Crippen molar-refractivity contribution in [2.75, 3.05) is 24.5 Å². The highest BCUT2D eigenvalue weighted by molar-refractivity contribution is 7.92. The van der Waals surface area contributed by atoms with E-state index in [4.69, 9.17) is 16.3 Å². The van der Waals surface area contributed by atoms with E-state index in [9.17, 15) is 31.2 Å². The highest BCUT2D eigenvalue weighted by Crippen LogP contribution is 2.38. The number of amides is 2. The predicted molar refractivity (Wildman–Crippen MR) is 163 cm³/mol. The van der Waals surface area contributed by atoms with Crippen molar-refractivity contribution in [1.82, 2.24) is 10.2 Å². The number of halogens is 4. The molecule has 0 unspecified atom stereocenters. The second-order valence-corrected chi connectivity index (χ2v) is 12.9. The summed E-state index contributed by atoms with van der Waals surface area (Å²) in [5.41, 5.74) is -0.347. The number of ether oxygens (including phenoxy) is 1. The molecule has 0 fully saturated rings. The van der Waals surface area contributed by atoms with Crippen LogP contribution in [0.1, 0.15) is 37.5 Å². The number of nitrogens with one attached hydrogen (secondary N) is 1. The fourth-order valence-electron chi connectivity index (χ4n) is 4.25. The molecular weight excluding hydrogens is 619 g/mol. The Kier molecular flexibility index (Phi) is 11.3. The van der Waals surface area contributed by atoms with E-state index in [1.165, 1.54) is 43.2 Å². The fourth-order valence-corrected chi connectivity index (χ4v) is 5.89. The monoisotopic (exact) mass is 653 g/mol. The minimum absolute atomic E-state index is 0.112. The largest absolute Gasteiger partial charge is 0.497 e. The molecule has 0 bridgehead atoms. The van der Waals surface area contributed by atoms with Crippen molar-refractivity contribution in [3.63, 3.8) is 0 Å². The van der Waals surface area contributed by atoms with E-state index in [-0.39, 0.29) is 17.4 Å². The van der Waals surface area contributed by atoms with Gasteiger partial charge < -0.3 is 15.0 Å². The quantitative estimate of drug-likeness (QED) is 0.256. The van der Waals surface area contributed by atoms with Crippen molar-refractivity contribution in [2.45, 2.75) is 51.4 Å². The first-order valence-corrected chi connectivity index (χ1v) is 15.5. The molecule has 44 heavy (non-hydrogen) atoms. The lowest BCUT2D eigenvalue weighted by molar-refractivity contribution is -0.139. The molecule has 1 atom stereocenters. The van der Waals surface area contributed by atoms with E-state index in [1.54, 1.807) is 31.2 Å². The third-order valence-corrected chi connectivity index (χ3v) is 8.89. The maximum Gasteiger partial charge on any atom is 0.417 e. The summed E-state index contributed by atoms with van der Waals surface area (Å²) in [4.78, 5) is 28.1. The molecule has 0 aliphatic carbocycles. The number of methoxy groups -OCH3 is 1. The molecule has 0 saturated heterocycles. The molecule has 0 saturated carbocycles. The van der Waals surface area contributed by atoms with E-state index in [0.717, 1.165) is 17.7 Å². The molecule has 3 rings (SSSR count). The van der Waals surface area contributed by atoms with E-state index < -0.39 is 56.9 Å². The average molecular weight is 654 g/mol. The number of nitrogens with zero attached hydrogens (tertiary/aromatic N) is 2. The number of hydrogen-bond acceptors (Lipinski definition) is 5. The van der Waals surface area contributed by atoms with Gasteiger partial charge in [0, 0.05) is 13.1 Å². The molecule has 238 valence electrons. The van der Waals surface area contributed by atoms with Crippen LogP contribution in [-0.4, -0.2) is 51.4 Å². The topological polar surface area (TPSA) is 96.0 Å². The van der Waals surface area contributed by atoms with Crippen LogP contribution in [0.15, 0.2) is 71.6 Å². The van der Waals surface area contributed by atoms with Gasteiger partial charge in [-0.2, -0.15) is 13.2 Å². The number of sulfonamides is 1. The molecular formula is C31H35ClF3N3O5S. The Labute approximate surface area is 260 Å². The van der Waals surface area contributed by atoms with Gasteiger partial charge in [0.25, 0.3) is 10.0 Å². The lowest BCUT2D eigenvalue weighted by Crippen LogP contribution is -2.51. The Bertz CT molecular complexity index is 1580. The van der Waals surface area contributed by atoms with Crippen LogP contribution >= 0.6 is 11.6 Å². The SMILES string of the molecule is COc1cccc(CN(C(=O)CN(c2ccc(Cl)c(C(F)(F)F)c2)S(=O)(=O)c2ccc(C)cc2)[C@H](C)C(=O)NCC(C)C)c1. The van der Waals surface area contributed by atoms with Crippen molar-refractivity contribution in [2.24, 2.45) is 5.92 Å². The molecule has 0 heterocycles. The number of benzene rings is 3. The molecule has 0 aliphatic heterocycles. The summed E-state index contributed by atoms with van der Waals surface area (Å²) in [5.74, 6) is -0.680. The Morgan fingerprint density at radius 1 is 1.00 bits per heavy atom. The zero-order valence-corrected chi connectivity index (χ0v) is 26.6. The lowest BCUT2D eigenvalue weighted by atomic mass is 10.1. The second-order valence-electron chi connectivity index (χ2n) is 10.7. The van der Waals surface area contributed by atoms with Crippen LogP contribution < -0.4 is 14.4 Å². The van der Waals surface area contributed by atoms with Gasteiger partial charge in [-0.15, -0.1) is 0 Å². The maximum absolute atomic E-state index is 14.0. The molecule has 1 N–H and O–H groups in total. The zero-order valence-electron chi connectivity index (χ0n) is 25.0. The summed E-state index contributed by atoms with van der Waals surface area (Å²) in [6.45, 7) is 6.37. The molecule has 8 nitrogen and oxygen atoms in total. The molecule has 0 aromatic heterocycles. The minimum atomic E-state index is -4.89. The standard InChI is InChI=1S/C31H35ClF3N3O5S/c1-20(2)17-36-30(40)22(4)37(18-23-7-6-8-25(15-23)43-5)29(39)19-38(44(41,42)26-12-9-21(3)10-13-26)24-11-14-28(32)27(16-24)31(33,34)35/h6-16,20,22H,17-19H2,1-5H3,(H,36,40)/t22-/m1/s1. The maximum atomic E-state index is 14.0. The third kappa shape index (κ3) is 8.66. The Balaban J connectivity index is 2.11. The molecule has 3 aromatic carbocycles. The Morgan fingerprint density at radius 2 is 1.66 bits per heavy atom. The predicted octanol–water partition coefficient (Wildman–Crippen LogP) is 6.06. The van der Waals surface area contributed by atoms with Crippen LogP contribution in [0.4, 0.5) is 18.9 Å². The van der Waals surface area contributed by atoms with Gasteiger partial charge >= 0.3 is 6.18 Å². The zero-order chi connectivity index (χ0) is 32.8. The number of rotatable bonds is 12. The van der Waals surface area contributed by atoms with Gasteiger partial charge in [-0.05, 0) is 67.8 Å². The lowest BCUT2D eigenvalue weighted by Gasteiger charge is -2.32. The summed E-state index contributed by atoms with van der Waals surface area (Å²) in [7, 11) is -3.10. The van der Waals surface area contributed by atoms with Gasteiger partial charge in [-0.3, -0.25) is 13.9 Å². The van der Waals surface area contributed by atoms with Crippen molar-refractivity contribution < 1.29 is 35.9 Å². The summed E-state index contributed by atoms with van der Waals surface area (Å²) in [5, 5.41) is 2.14. The minimum Gasteiger partial charge on any atom is -0.497 e. The van der Waals surface area contributed by atoms with Crippen molar-refractivity contribution in [3.05, 3.63) is 88.4 Å². The van der Waals surface area contributed by atoms with Gasteiger partial charge in [0.15, 0.2) is 0 Å². The summed E-state index contributed by atoms with van der Waals surface area (Å²) in [6.07, 6.45) is -4.89. The summed E-state index contributed by atoms with van der Waals surface area (Å²) < 4.78 is 75.1. The molecule has 0 spiro atoms. The normalized spacial score (nSPS) is 12.5. The first kappa shape index (κ1) is 34.7. The van der Waals surface area contributed by atoms with Gasteiger partial charge in [0.2, 0.25) is 11.8 Å². The van der Waals surface area contributed by atoms with E-state index >= 15 is 0 Å². The van der Waals surface area contributed by atoms with Crippen molar-refractivity contribution in [1.29, 1.82) is 0 Å². The van der Waals surface area contributed by atoms with Crippen molar-refractivity contribution in [3.8, 4) is 5.75 Å². The second kappa shape index (κ2) is 14.3. The van der Waals surface area contributed by atoms with Crippen molar-refractivity contribution >= 4 is 39.1 Å². The average Bonchev–Trinajstić information content (AvgIpc) is 2.97. The first-order valence-electron chi connectivity index (χ1n) is 13.7. The van der Waals surface area contributed by atoms with Crippen LogP contribution in [-0.2, 0) is 32.3 Å². The van der Waals surface area contributed by atoms with Crippen LogP contribution in [0.25, 0.3) is 0 Å². The summed E-state index contributed by atoms with van der Waals surface area (Å²) in [6, 6.07) is 14.0. The first-order chi connectivity index (χ1) is 20.5. The van der Waals surface area contributed by atoms with Gasteiger partial charge in [-0.1, -0.05) is 55.3 Å². The summed E-state index contributed by atoms with van der Waals surface area (Å²) >= 11 is 5.82. The number of anilines is 1. The molecule has 13 heteroatoms. The van der Waals surface area contributed by atoms with Crippen LogP contribution in [0, 0.1) is 12.8 Å². The number of carbonyl (C=O) groups is 2. The number of carbonyl (C=O) groups excluding carboxylic acids is 2. The highest BCUT2D eigenvalue weighted by Gasteiger charge is 2.37. The Morgan fingerprint density at radius 3 is 2.25 bits per heavy atom. The molecule has 2 amide bonds. The van der Waals surface area contributed by atoms with E-state index in [1.807, 2.05) is 13.8 Å². The number of hydrogen-bond donors (Lipinski definition) is 1. The fraction of sp³-hybridized carbons (Fsp3) is 0.355. The number of aryl methyl sites for hydroxylation is 1. The molecule has 0 aliphatic rings. The van der Waals surface area contributed by atoms with E-state index in [0.29, 0.717) is 28.2 Å². The molecule has 0 radical (unpaired) electrons. The smallest absolute Gasteiger partial charge is 0.417 e. The van der Waals surface area contributed by atoms with Crippen LogP contribution in [0.5, 0.6) is 5.75 Å². The highest BCUT2D eigenvalue weighted by atomic mass is 35.5. The third-order valence-electron chi connectivity index (χ3n) is 6.77. The van der Waals surface area contributed by atoms with Gasteiger partial charge in [0.1, 0.15) is 18.3 Å². The Hall–Kier alpha value is -3.77.